The van der Waals surface area contributed by atoms with Crippen molar-refractivity contribution in [1.29, 1.82) is 0 Å². The van der Waals surface area contributed by atoms with Crippen molar-refractivity contribution in [2.24, 2.45) is 5.92 Å². The molecule has 12 heteroatoms. The number of carbonyl (C=O) groups is 2. The molecule has 0 aliphatic carbocycles. The average Bonchev–Trinajstić information content (AvgIpc) is 2.85. The second-order valence-corrected chi connectivity index (χ2v) is 10.9. The van der Waals surface area contributed by atoms with Gasteiger partial charge in [0.25, 0.3) is 5.69 Å². The van der Waals surface area contributed by atoms with E-state index in [1.54, 1.807) is 31.2 Å². The van der Waals surface area contributed by atoms with Crippen LogP contribution in [-0.2, 0) is 26.2 Å². The first kappa shape index (κ1) is 29.6. The van der Waals surface area contributed by atoms with Crippen LogP contribution in [0.15, 0.2) is 48.5 Å². The first-order chi connectivity index (χ1) is 17.4. The maximum atomic E-state index is 13.6. The van der Waals surface area contributed by atoms with Crippen molar-refractivity contribution >= 4 is 33.2 Å². The topological polar surface area (TPSA) is 139 Å². The molecular weight excluding hydrogens is 500 g/mol. The Labute approximate surface area is 217 Å². The fourth-order valence-corrected chi connectivity index (χ4v) is 4.49. The van der Waals surface area contributed by atoms with E-state index in [-0.39, 0.29) is 29.7 Å². The fraction of sp³-hybridized carbons (Fsp3) is 0.440. The number of nitrogens with one attached hydrogen (secondary N) is 1. The summed E-state index contributed by atoms with van der Waals surface area (Å²) in [5.74, 6) is -0.155. The highest BCUT2D eigenvalue weighted by Crippen LogP contribution is 2.24. The highest BCUT2D eigenvalue weighted by molar-refractivity contribution is 7.92. The molecule has 2 aromatic carbocycles. The predicted octanol–water partition coefficient (Wildman–Crippen LogP) is 2.95. The molecule has 0 bridgehead atoms. The summed E-state index contributed by atoms with van der Waals surface area (Å²) in [7, 11) is -2.47. The second-order valence-electron chi connectivity index (χ2n) is 8.98. The lowest BCUT2D eigenvalue weighted by atomic mass is 10.1. The van der Waals surface area contributed by atoms with Crippen molar-refractivity contribution in [3.63, 3.8) is 0 Å². The van der Waals surface area contributed by atoms with E-state index >= 15 is 0 Å². The van der Waals surface area contributed by atoms with Crippen molar-refractivity contribution in [2.75, 3.05) is 30.8 Å². The molecule has 1 unspecified atom stereocenters. The molecule has 2 rings (SSSR count). The Hall–Kier alpha value is -3.67. The van der Waals surface area contributed by atoms with Gasteiger partial charge in [-0.25, -0.2) is 8.42 Å². The molecule has 2 amide bonds. The van der Waals surface area contributed by atoms with E-state index in [9.17, 15) is 28.1 Å². The largest absolute Gasteiger partial charge is 0.497 e. The van der Waals surface area contributed by atoms with E-state index < -0.39 is 33.4 Å². The predicted molar refractivity (Wildman–Crippen MR) is 141 cm³/mol. The van der Waals surface area contributed by atoms with Crippen molar-refractivity contribution < 1.29 is 27.7 Å². The number of nitro benzene ring substituents is 1. The smallest absolute Gasteiger partial charge is 0.271 e. The van der Waals surface area contributed by atoms with Crippen LogP contribution >= 0.6 is 0 Å². The molecule has 0 heterocycles. The number of anilines is 1. The van der Waals surface area contributed by atoms with Crippen LogP contribution < -0.4 is 14.4 Å². The summed E-state index contributed by atoms with van der Waals surface area (Å²) in [4.78, 5) is 38.6. The van der Waals surface area contributed by atoms with Gasteiger partial charge in [-0.2, -0.15) is 0 Å². The normalized spacial score (nSPS) is 12.1. The number of amides is 2. The number of sulfonamides is 1. The Morgan fingerprint density at radius 2 is 1.78 bits per heavy atom. The minimum Gasteiger partial charge on any atom is -0.497 e. The number of ether oxygens (including phenoxy) is 1. The van der Waals surface area contributed by atoms with E-state index in [2.05, 4.69) is 5.32 Å². The van der Waals surface area contributed by atoms with Crippen LogP contribution in [-0.4, -0.2) is 62.6 Å². The zero-order chi connectivity index (χ0) is 27.8. The second kappa shape index (κ2) is 13.0. The van der Waals surface area contributed by atoms with Gasteiger partial charge in [-0.05, 0) is 36.1 Å². The SMILES string of the molecule is CCC(C(=O)NCC(C)C)N(Cc1ccc(OC)cc1)C(=O)CN(c1cccc([N+](=O)[O-])c1)S(C)(=O)=O. The highest BCUT2D eigenvalue weighted by atomic mass is 32.2. The number of carbonyl (C=O) groups excluding carboxylic acids is 2. The molecule has 0 saturated heterocycles. The molecule has 0 spiro atoms. The molecule has 1 N–H and O–H groups in total. The summed E-state index contributed by atoms with van der Waals surface area (Å²) in [5, 5.41) is 14.1. The van der Waals surface area contributed by atoms with Gasteiger partial charge in [-0.1, -0.05) is 39.0 Å². The first-order valence-corrected chi connectivity index (χ1v) is 13.6. The minimum absolute atomic E-state index is 0.0215. The van der Waals surface area contributed by atoms with Crippen molar-refractivity contribution in [2.45, 2.75) is 39.8 Å². The van der Waals surface area contributed by atoms with Crippen molar-refractivity contribution in [3.8, 4) is 5.75 Å². The Bertz CT molecular complexity index is 1200. The lowest BCUT2D eigenvalue weighted by Gasteiger charge is -2.33. The third-order valence-corrected chi connectivity index (χ3v) is 6.73. The Balaban J connectivity index is 2.45. The van der Waals surface area contributed by atoms with Gasteiger partial charge in [-0.15, -0.1) is 0 Å². The minimum atomic E-state index is -4.00. The number of methoxy groups -OCH3 is 1. The lowest BCUT2D eigenvalue weighted by Crippen LogP contribution is -2.52. The van der Waals surface area contributed by atoms with E-state index in [0.29, 0.717) is 24.3 Å². The molecule has 0 fully saturated rings. The first-order valence-electron chi connectivity index (χ1n) is 11.8. The van der Waals surface area contributed by atoms with Gasteiger partial charge < -0.3 is 15.0 Å². The number of non-ortho nitro benzene ring substituents is 1. The zero-order valence-electron chi connectivity index (χ0n) is 21.7. The summed E-state index contributed by atoms with van der Waals surface area (Å²) >= 11 is 0. The highest BCUT2D eigenvalue weighted by Gasteiger charge is 2.32. The van der Waals surface area contributed by atoms with Crippen LogP contribution in [0.1, 0.15) is 32.8 Å². The Kier molecular flexibility index (Phi) is 10.4. The molecule has 0 aliphatic heterocycles. The number of hydrogen-bond donors (Lipinski definition) is 1. The van der Waals surface area contributed by atoms with Gasteiger partial charge in [-0.3, -0.25) is 24.0 Å². The van der Waals surface area contributed by atoms with Crippen LogP contribution in [0.5, 0.6) is 5.75 Å². The van der Waals surface area contributed by atoms with Crippen LogP contribution in [0.3, 0.4) is 0 Å². The third-order valence-electron chi connectivity index (χ3n) is 5.59. The molecular formula is C25H34N4O7S. The molecule has 37 heavy (non-hydrogen) atoms. The monoisotopic (exact) mass is 534 g/mol. The van der Waals surface area contributed by atoms with E-state index in [1.807, 2.05) is 13.8 Å². The van der Waals surface area contributed by atoms with Crippen molar-refractivity contribution in [1.82, 2.24) is 10.2 Å². The number of hydrogen-bond acceptors (Lipinski definition) is 7. The zero-order valence-corrected chi connectivity index (χ0v) is 22.5. The van der Waals surface area contributed by atoms with Crippen LogP contribution in [0, 0.1) is 16.0 Å². The van der Waals surface area contributed by atoms with E-state index in [0.717, 1.165) is 16.6 Å². The number of nitro groups is 1. The fourth-order valence-electron chi connectivity index (χ4n) is 3.65. The molecule has 202 valence electrons. The molecule has 1 atom stereocenters. The quantitative estimate of drug-likeness (QED) is 0.308. The molecule has 0 radical (unpaired) electrons. The maximum absolute atomic E-state index is 13.6. The Morgan fingerprint density at radius 1 is 1.14 bits per heavy atom. The van der Waals surface area contributed by atoms with Gasteiger partial charge in [0.2, 0.25) is 21.8 Å². The summed E-state index contributed by atoms with van der Waals surface area (Å²) in [6.07, 6.45) is 1.21. The number of rotatable bonds is 13. The summed E-state index contributed by atoms with van der Waals surface area (Å²) in [6, 6.07) is 11.1. The number of benzene rings is 2. The van der Waals surface area contributed by atoms with Gasteiger partial charge >= 0.3 is 0 Å². The Morgan fingerprint density at radius 3 is 2.30 bits per heavy atom. The number of nitrogens with zero attached hydrogens (tertiary/aromatic N) is 3. The average molecular weight is 535 g/mol. The van der Waals surface area contributed by atoms with Crippen LogP contribution in [0.25, 0.3) is 0 Å². The van der Waals surface area contributed by atoms with Crippen LogP contribution in [0.4, 0.5) is 11.4 Å². The molecule has 0 aliphatic rings. The van der Waals surface area contributed by atoms with Crippen LogP contribution in [0.2, 0.25) is 0 Å². The molecule has 11 nitrogen and oxygen atoms in total. The standard InChI is InChI=1S/C25H34N4O7S/c1-6-23(25(31)26-15-18(2)3)27(16-19-10-12-22(36-4)13-11-19)24(30)17-28(37(5,34)35)20-8-7-9-21(14-20)29(32)33/h7-14,18,23H,6,15-17H2,1-5H3,(H,26,31). The molecule has 0 saturated carbocycles. The van der Waals surface area contributed by atoms with E-state index in [1.165, 1.54) is 30.2 Å². The van der Waals surface area contributed by atoms with Gasteiger partial charge in [0.15, 0.2) is 0 Å². The van der Waals surface area contributed by atoms with Gasteiger partial charge in [0, 0.05) is 25.2 Å². The molecule has 2 aromatic rings. The third kappa shape index (κ3) is 8.45. The molecule has 0 aromatic heterocycles. The maximum Gasteiger partial charge on any atom is 0.271 e. The van der Waals surface area contributed by atoms with Gasteiger partial charge in [0.05, 0.1) is 24.0 Å². The summed E-state index contributed by atoms with van der Waals surface area (Å²) < 4.78 is 31.3. The van der Waals surface area contributed by atoms with Gasteiger partial charge in [0.1, 0.15) is 18.3 Å². The summed E-state index contributed by atoms with van der Waals surface area (Å²) in [5.41, 5.74) is 0.380. The summed E-state index contributed by atoms with van der Waals surface area (Å²) in [6.45, 7) is 5.49. The van der Waals surface area contributed by atoms with E-state index in [4.69, 9.17) is 4.74 Å². The lowest BCUT2D eigenvalue weighted by molar-refractivity contribution is -0.384. The van der Waals surface area contributed by atoms with Crippen molar-refractivity contribution in [3.05, 3.63) is 64.2 Å².